The maximum absolute atomic E-state index is 12.7. The van der Waals surface area contributed by atoms with Crippen molar-refractivity contribution in [1.82, 2.24) is 0 Å². The summed E-state index contributed by atoms with van der Waals surface area (Å²) in [6.07, 6.45) is 1.68. The van der Waals surface area contributed by atoms with Gasteiger partial charge in [-0.15, -0.1) is 11.7 Å². The predicted molar refractivity (Wildman–Crippen MR) is 108 cm³/mol. The summed E-state index contributed by atoms with van der Waals surface area (Å²) in [6.45, 7) is 7.39. The first-order valence-electron chi connectivity index (χ1n) is 8.53. The van der Waals surface area contributed by atoms with Crippen LogP contribution in [-0.2, 0) is 9.59 Å². The smallest absolute Gasteiger partial charge is 0.279 e. The van der Waals surface area contributed by atoms with E-state index in [2.05, 4.69) is 22.1 Å². The summed E-state index contributed by atoms with van der Waals surface area (Å²) in [7, 11) is 0. The third-order valence-corrected chi connectivity index (χ3v) is 4.11. The molecule has 0 aromatic heterocycles. The van der Waals surface area contributed by atoms with Crippen molar-refractivity contribution in [3.05, 3.63) is 72.3 Å². The molecule has 0 unspecified atom stereocenters. The minimum Gasteiger partial charge on any atom is -0.326 e. The summed E-state index contributed by atoms with van der Waals surface area (Å²) >= 11 is 0. The van der Waals surface area contributed by atoms with E-state index in [4.69, 9.17) is 0 Å². The minimum absolute atomic E-state index is 0.141. The lowest BCUT2D eigenvalue weighted by Gasteiger charge is -2.13. The number of para-hydroxylation sites is 1. The van der Waals surface area contributed by atoms with Crippen LogP contribution >= 0.6 is 0 Å². The number of hydrogen-bond acceptors (Lipinski definition) is 4. The van der Waals surface area contributed by atoms with Crippen molar-refractivity contribution in [3.63, 3.8) is 0 Å². The van der Waals surface area contributed by atoms with E-state index in [0.29, 0.717) is 23.7 Å². The highest BCUT2D eigenvalue weighted by Crippen LogP contribution is 2.29. The van der Waals surface area contributed by atoms with E-state index in [1.807, 2.05) is 49.4 Å². The lowest BCUT2D eigenvalue weighted by Crippen LogP contribution is -2.30. The Bertz CT molecular complexity index is 976. The fraction of sp³-hybridized carbons (Fsp3) is 0.143. The predicted octanol–water partition coefficient (Wildman–Crippen LogP) is 3.39. The van der Waals surface area contributed by atoms with Crippen LogP contribution in [0.2, 0.25) is 0 Å². The number of anilines is 2. The lowest BCUT2D eigenvalue weighted by atomic mass is 10.1. The molecule has 0 radical (unpaired) electrons. The van der Waals surface area contributed by atoms with Gasteiger partial charge in [0.05, 0.1) is 11.4 Å². The molecule has 2 amide bonds. The second-order valence-corrected chi connectivity index (χ2v) is 6.12. The molecular formula is C21H20N4O2. The van der Waals surface area contributed by atoms with Crippen LogP contribution in [-0.4, -0.2) is 29.8 Å². The molecule has 3 rings (SSSR count). The highest BCUT2D eigenvalue weighted by Gasteiger charge is 2.33. The number of nitrogens with zero attached hydrogens (tertiary/aromatic N) is 3. The van der Waals surface area contributed by atoms with E-state index in [1.54, 1.807) is 17.0 Å². The first-order valence-corrected chi connectivity index (χ1v) is 8.53. The average molecular weight is 360 g/mol. The first-order chi connectivity index (χ1) is 13.0. The monoisotopic (exact) mass is 360 g/mol. The molecule has 6 nitrogen and oxygen atoms in total. The number of carbonyl (C=O) groups excluding carboxylic acids is 2. The molecule has 0 bridgehead atoms. The normalized spacial score (nSPS) is 15.0. The topological polar surface area (TPSA) is 74.1 Å². The van der Waals surface area contributed by atoms with Crippen LogP contribution in [0.25, 0.3) is 0 Å². The van der Waals surface area contributed by atoms with Crippen LogP contribution in [0, 0.1) is 0 Å². The van der Waals surface area contributed by atoms with Crippen molar-refractivity contribution >= 4 is 34.6 Å². The van der Waals surface area contributed by atoms with Crippen molar-refractivity contribution in [2.75, 3.05) is 16.8 Å². The Morgan fingerprint density at radius 1 is 1.19 bits per heavy atom. The Morgan fingerprint density at radius 2 is 1.96 bits per heavy atom. The Kier molecular flexibility index (Phi) is 5.26. The van der Waals surface area contributed by atoms with Crippen molar-refractivity contribution in [2.45, 2.75) is 13.8 Å². The lowest BCUT2D eigenvalue weighted by molar-refractivity contribution is -0.114. The van der Waals surface area contributed by atoms with Crippen LogP contribution < -0.4 is 10.2 Å². The molecule has 0 spiro atoms. The number of rotatable bonds is 5. The van der Waals surface area contributed by atoms with Gasteiger partial charge in [0.2, 0.25) is 5.91 Å². The van der Waals surface area contributed by atoms with Crippen LogP contribution in [0.4, 0.5) is 11.4 Å². The maximum Gasteiger partial charge on any atom is 0.279 e. The summed E-state index contributed by atoms with van der Waals surface area (Å²) in [5, 5.41) is 11.2. The molecule has 1 heterocycles. The molecule has 0 fully saturated rings. The maximum atomic E-state index is 12.7. The van der Waals surface area contributed by atoms with Gasteiger partial charge in [0, 0.05) is 24.7 Å². The molecular weight excluding hydrogens is 340 g/mol. The van der Waals surface area contributed by atoms with Crippen LogP contribution in [0.3, 0.4) is 0 Å². The van der Waals surface area contributed by atoms with E-state index in [1.165, 1.54) is 6.92 Å². The number of nitrogens with one attached hydrogen (secondary N) is 1. The van der Waals surface area contributed by atoms with E-state index in [0.717, 1.165) is 16.8 Å². The van der Waals surface area contributed by atoms with Crippen molar-refractivity contribution in [2.24, 2.45) is 10.2 Å². The van der Waals surface area contributed by atoms with Crippen LogP contribution in [0.5, 0.6) is 0 Å². The van der Waals surface area contributed by atoms with Gasteiger partial charge >= 0.3 is 0 Å². The molecule has 2 aromatic rings. The van der Waals surface area contributed by atoms with Gasteiger partial charge in [-0.05, 0) is 30.7 Å². The number of fused-ring (bicyclic) bond motifs is 1. The summed E-state index contributed by atoms with van der Waals surface area (Å²) in [5.74, 6) is -0.336. The van der Waals surface area contributed by atoms with Crippen molar-refractivity contribution in [3.8, 4) is 0 Å². The standard InChI is InChI=1S/C21H20N4O2/c1-4-12-25-19-11-6-5-10-18(19)20(21(25)27)24-23-14(2)16-8-7-9-17(13-16)22-15(3)26/h4-11,13H,1,12H2,2-3H3,(H,22,26)/b23-14-,24-20-. The number of benzene rings is 2. The zero-order chi connectivity index (χ0) is 19.4. The summed E-state index contributed by atoms with van der Waals surface area (Å²) in [4.78, 5) is 25.6. The molecule has 1 aliphatic rings. The summed E-state index contributed by atoms with van der Waals surface area (Å²) in [5.41, 5.74) is 4.01. The molecule has 2 aromatic carbocycles. The van der Waals surface area contributed by atoms with E-state index < -0.39 is 0 Å². The first kappa shape index (κ1) is 18.3. The zero-order valence-electron chi connectivity index (χ0n) is 15.3. The summed E-state index contributed by atoms with van der Waals surface area (Å²) < 4.78 is 0. The zero-order valence-corrected chi connectivity index (χ0v) is 15.3. The highest BCUT2D eigenvalue weighted by molar-refractivity contribution is 6.54. The fourth-order valence-electron chi connectivity index (χ4n) is 2.88. The number of carbonyl (C=O) groups is 2. The molecule has 0 atom stereocenters. The van der Waals surface area contributed by atoms with E-state index in [-0.39, 0.29) is 11.8 Å². The molecule has 136 valence electrons. The van der Waals surface area contributed by atoms with Gasteiger partial charge in [-0.1, -0.05) is 36.4 Å². The van der Waals surface area contributed by atoms with Crippen molar-refractivity contribution < 1.29 is 9.59 Å². The Balaban J connectivity index is 1.93. The van der Waals surface area contributed by atoms with Crippen molar-refractivity contribution in [1.29, 1.82) is 0 Å². The second-order valence-electron chi connectivity index (χ2n) is 6.12. The van der Waals surface area contributed by atoms with Crippen LogP contribution in [0.1, 0.15) is 25.0 Å². The quantitative estimate of drug-likeness (QED) is 0.504. The van der Waals surface area contributed by atoms with Gasteiger partial charge in [-0.2, -0.15) is 5.10 Å². The largest absolute Gasteiger partial charge is 0.326 e. The highest BCUT2D eigenvalue weighted by atomic mass is 16.2. The van der Waals surface area contributed by atoms with Gasteiger partial charge in [0.1, 0.15) is 0 Å². The third kappa shape index (κ3) is 3.84. The SMILES string of the molecule is C=CCN1C(=O)/C(=N\N=C(\C)c2cccc(NC(C)=O)c2)c2ccccc21. The fourth-order valence-corrected chi connectivity index (χ4v) is 2.88. The Labute approximate surface area is 157 Å². The van der Waals surface area contributed by atoms with Gasteiger partial charge in [-0.3, -0.25) is 9.59 Å². The molecule has 27 heavy (non-hydrogen) atoms. The molecule has 1 aliphatic heterocycles. The number of amides is 2. The molecule has 0 saturated carbocycles. The second kappa shape index (κ2) is 7.78. The molecule has 6 heteroatoms. The van der Waals surface area contributed by atoms with E-state index >= 15 is 0 Å². The van der Waals surface area contributed by atoms with E-state index in [9.17, 15) is 9.59 Å². The van der Waals surface area contributed by atoms with Gasteiger partial charge in [0.25, 0.3) is 5.91 Å². The van der Waals surface area contributed by atoms with Gasteiger partial charge < -0.3 is 10.2 Å². The Morgan fingerprint density at radius 3 is 2.70 bits per heavy atom. The van der Waals surface area contributed by atoms with Gasteiger partial charge in [0.15, 0.2) is 5.71 Å². The number of hydrogen-bond donors (Lipinski definition) is 1. The van der Waals surface area contributed by atoms with Crippen LogP contribution in [0.15, 0.2) is 71.4 Å². The minimum atomic E-state index is -0.195. The Hall–Kier alpha value is -3.54. The third-order valence-electron chi connectivity index (χ3n) is 4.11. The van der Waals surface area contributed by atoms with Gasteiger partial charge in [-0.25, -0.2) is 0 Å². The molecule has 0 aliphatic carbocycles. The molecule has 1 N–H and O–H groups in total. The average Bonchev–Trinajstić information content (AvgIpc) is 2.91. The molecule has 0 saturated heterocycles. The summed E-state index contributed by atoms with van der Waals surface area (Å²) in [6, 6.07) is 14.8.